The molecule has 1 atom stereocenters. The average molecular weight is 241 g/mol. The summed E-state index contributed by atoms with van der Waals surface area (Å²) in [7, 11) is 0. The Morgan fingerprint density at radius 3 is 2.88 bits per heavy atom. The quantitative estimate of drug-likeness (QED) is 0.821. The summed E-state index contributed by atoms with van der Waals surface area (Å²) in [6.07, 6.45) is 0.531. The number of carbonyl (C=O) groups is 1. The topological polar surface area (TPSA) is 64.4 Å². The van der Waals surface area contributed by atoms with Gasteiger partial charge in [-0.05, 0) is 18.6 Å². The van der Waals surface area contributed by atoms with Crippen LogP contribution >= 0.6 is 11.6 Å². The van der Waals surface area contributed by atoms with E-state index >= 15 is 0 Å². The first-order valence-corrected chi connectivity index (χ1v) is 5.42. The molecule has 1 amide bonds. The second-order valence-electron chi connectivity index (χ2n) is 3.89. The van der Waals surface area contributed by atoms with Gasteiger partial charge in [0.05, 0.1) is 17.3 Å². The van der Waals surface area contributed by atoms with Crippen molar-refractivity contribution in [2.24, 2.45) is 5.73 Å². The van der Waals surface area contributed by atoms with Crippen LogP contribution < -0.4 is 11.1 Å². The summed E-state index contributed by atoms with van der Waals surface area (Å²) in [6.45, 7) is 0.774. The molecule has 1 fully saturated rings. The van der Waals surface area contributed by atoms with E-state index in [0.717, 1.165) is 0 Å². The summed E-state index contributed by atoms with van der Waals surface area (Å²) in [6, 6.07) is 7.05. The van der Waals surface area contributed by atoms with Gasteiger partial charge in [0.25, 0.3) is 0 Å². The zero-order valence-corrected chi connectivity index (χ0v) is 9.46. The highest BCUT2D eigenvalue weighted by Crippen LogP contribution is 2.23. The molecular weight excluding hydrogens is 228 g/mol. The number of hydrogen-bond donors (Lipinski definition) is 2. The molecule has 5 heteroatoms. The van der Waals surface area contributed by atoms with Crippen molar-refractivity contribution in [1.29, 1.82) is 0 Å². The van der Waals surface area contributed by atoms with E-state index in [9.17, 15) is 4.79 Å². The molecule has 0 aliphatic carbocycles. The van der Waals surface area contributed by atoms with Crippen LogP contribution in [-0.2, 0) is 9.53 Å². The van der Waals surface area contributed by atoms with Crippen LogP contribution in [0.15, 0.2) is 24.3 Å². The number of nitrogens with one attached hydrogen (secondary N) is 1. The smallest absolute Gasteiger partial charge is 0.246 e. The van der Waals surface area contributed by atoms with Gasteiger partial charge >= 0.3 is 0 Å². The van der Waals surface area contributed by atoms with Crippen LogP contribution in [0.2, 0.25) is 5.02 Å². The first-order valence-electron chi connectivity index (χ1n) is 5.04. The van der Waals surface area contributed by atoms with Gasteiger partial charge in [-0.25, -0.2) is 0 Å². The van der Waals surface area contributed by atoms with Gasteiger partial charge in [0.15, 0.2) is 0 Å². The van der Waals surface area contributed by atoms with Crippen molar-refractivity contribution in [2.45, 2.75) is 12.0 Å². The lowest BCUT2D eigenvalue weighted by molar-refractivity contribution is -0.121. The lowest BCUT2D eigenvalue weighted by atomic mass is 9.99. The van der Waals surface area contributed by atoms with E-state index in [2.05, 4.69) is 5.32 Å². The molecular formula is C11H13ClN2O2. The molecule has 1 unspecified atom stereocenters. The number of amides is 1. The molecule has 1 aliphatic heterocycles. The van der Waals surface area contributed by atoms with Crippen LogP contribution in [0.25, 0.3) is 0 Å². The Morgan fingerprint density at radius 2 is 2.25 bits per heavy atom. The lowest BCUT2D eigenvalue weighted by Crippen LogP contribution is -2.51. The number of benzene rings is 1. The standard InChI is InChI=1S/C11H13ClN2O2/c12-8-3-1-2-4-9(8)14-10(15)11(13)5-6-16-7-11/h1-4H,5-7,13H2,(H,14,15). The predicted molar refractivity (Wildman–Crippen MR) is 62.4 cm³/mol. The molecule has 1 saturated heterocycles. The van der Waals surface area contributed by atoms with E-state index in [0.29, 0.717) is 23.7 Å². The molecule has 4 nitrogen and oxygen atoms in total. The van der Waals surface area contributed by atoms with E-state index in [1.54, 1.807) is 24.3 Å². The highest BCUT2D eigenvalue weighted by molar-refractivity contribution is 6.33. The van der Waals surface area contributed by atoms with Crippen molar-refractivity contribution in [3.8, 4) is 0 Å². The maximum atomic E-state index is 11.9. The minimum atomic E-state index is -0.931. The van der Waals surface area contributed by atoms with E-state index in [4.69, 9.17) is 22.1 Å². The fourth-order valence-corrected chi connectivity index (χ4v) is 1.75. The minimum Gasteiger partial charge on any atom is -0.379 e. The molecule has 1 aromatic carbocycles. The molecule has 2 rings (SSSR count). The monoisotopic (exact) mass is 240 g/mol. The number of nitrogens with two attached hydrogens (primary N) is 1. The molecule has 3 N–H and O–H groups in total. The van der Waals surface area contributed by atoms with E-state index in [1.165, 1.54) is 0 Å². The van der Waals surface area contributed by atoms with Gasteiger partial charge in [0.2, 0.25) is 5.91 Å². The van der Waals surface area contributed by atoms with Gasteiger partial charge in [0.1, 0.15) is 5.54 Å². The molecule has 0 aromatic heterocycles. The highest BCUT2D eigenvalue weighted by Gasteiger charge is 2.38. The van der Waals surface area contributed by atoms with Crippen molar-refractivity contribution in [3.63, 3.8) is 0 Å². The summed E-state index contributed by atoms with van der Waals surface area (Å²) < 4.78 is 5.13. The number of hydrogen-bond acceptors (Lipinski definition) is 3. The summed E-state index contributed by atoms with van der Waals surface area (Å²) in [5.41, 5.74) is 5.56. The fraction of sp³-hybridized carbons (Fsp3) is 0.364. The number of carbonyl (C=O) groups excluding carboxylic acids is 1. The van der Waals surface area contributed by atoms with Crippen LogP contribution in [0.5, 0.6) is 0 Å². The lowest BCUT2D eigenvalue weighted by Gasteiger charge is -2.20. The fourth-order valence-electron chi connectivity index (χ4n) is 1.57. The van der Waals surface area contributed by atoms with Crippen LogP contribution in [0.1, 0.15) is 6.42 Å². The third-order valence-corrected chi connectivity index (χ3v) is 2.96. The van der Waals surface area contributed by atoms with Crippen molar-refractivity contribution in [3.05, 3.63) is 29.3 Å². The Kier molecular flexibility index (Phi) is 3.14. The average Bonchev–Trinajstić information content (AvgIpc) is 2.70. The van der Waals surface area contributed by atoms with Crippen molar-refractivity contribution in [1.82, 2.24) is 0 Å². The Hall–Kier alpha value is -1.10. The van der Waals surface area contributed by atoms with E-state index in [1.807, 2.05) is 0 Å². The first kappa shape index (κ1) is 11.4. The maximum Gasteiger partial charge on any atom is 0.246 e. The predicted octanol–water partition coefficient (Wildman–Crippen LogP) is 1.40. The molecule has 0 radical (unpaired) electrons. The van der Waals surface area contributed by atoms with Crippen LogP contribution in [0, 0.1) is 0 Å². The zero-order chi connectivity index (χ0) is 11.6. The third-order valence-electron chi connectivity index (χ3n) is 2.63. The van der Waals surface area contributed by atoms with E-state index in [-0.39, 0.29) is 12.5 Å². The molecule has 1 heterocycles. The summed E-state index contributed by atoms with van der Waals surface area (Å²) in [4.78, 5) is 11.9. The molecule has 1 aromatic rings. The summed E-state index contributed by atoms with van der Waals surface area (Å²) in [5.74, 6) is -0.252. The number of anilines is 1. The molecule has 1 aliphatic rings. The third kappa shape index (κ3) is 2.19. The summed E-state index contributed by atoms with van der Waals surface area (Å²) in [5, 5.41) is 3.22. The Morgan fingerprint density at radius 1 is 1.50 bits per heavy atom. The zero-order valence-electron chi connectivity index (χ0n) is 8.70. The van der Waals surface area contributed by atoms with Gasteiger partial charge in [-0.1, -0.05) is 23.7 Å². The van der Waals surface area contributed by atoms with Gasteiger partial charge in [-0.15, -0.1) is 0 Å². The molecule has 16 heavy (non-hydrogen) atoms. The Labute approximate surface area is 98.7 Å². The SMILES string of the molecule is NC1(C(=O)Nc2ccccc2Cl)CCOC1. The molecule has 0 bridgehead atoms. The van der Waals surface area contributed by atoms with Crippen molar-refractivity contribution in [2.75, 3.05) is 18.5 Å². The van der Waals surface area contributed by atoms with Gasteiger partial charge < -0.3 is 15.8 Å². The van der Waals surface area contributed by atoms with Crippen LogP contribution in [0.4, 0.5) is 5.69 Å². The number of rotatable bonds is 2. The Balaban J connectivity index is 2.10. The van der Waals surface area contributed by atoms with Gasteiger partial charge in [-0.3, -0.25) is 4.79 Å². The van der Waals surface area contributed by atoms with E-state index < -0.39 is 5.54 Å². The number of halogens is 1. The number of ether oxygens (including phenoxy) is 1. The van der Waals surface area contributed by atoms with Crippen LogP contribution in [-0.4, -0.2) is 24.7 Å². The number of para-hydroxylation sites is 1. The van der Waals surface area contributed by atoms with Crippen LogP contribution in [0.3, 0.4) is 0 Å². The highest BCUT2D eigenvalue weighted by atomic mass is 35.5. The second-order valence-corrected chi connectivity index (χ2v) is 4.30. The normalized spacial score (nSPS) is 24.4. The van der Waals surface area contributed by atoms with Gasteiger partial charge in [0, 0.05) is 6.61 Å². The summed E-state index contributed by atoms with van der Waals surface area (Å²) >= 11 is 5.93. The maximum absolute atomic E-state index is 11.9. The van der Waals surface area contributed by atoms with Gasteiger partial charge in [-0.2, -0.15) is 0 Å². The Bertz CT molecular complexity index is 403. The van der Waals surface area contributed by atoms with Crippen molar-refractivity contribution < 1.29 is 9.53 Å². The van der Waals surface area contributed by atoms with Crippen molar-refractivity contribution >= 4 is 23.2 Å². The second kappa shape index (κ2) is 4.41. The first-order chi connectivity index (χ1) is 7.62. The molecule has 86 valence electrons. The molecule has 0 spiro atoms. The molecule has 0 saturated carbocycles. The minimum absolute atomic E-state index is 0.252. The largest absolute Gasteiger partial charge is 0.379 e.